The van der Waals surface area contributed by atoms with Crippen molar-refractivity contribution in [3.8, 4) is 10.4 Å². The highest BCUT2D eigenvalue weighted by Crippen LogP contribution is 2.39. The summed E-state index contributed by atoms with van der Waals surface area (Å²) in [6.07, 6.45) is 3.61. The van der Waals surface area contributed by atoms with Crippen LogP contribution in [0, 0.1) is 5.92 Å². The summed E-state index contributed by atoms with van der Waals surface area (Å²) < 4.78 is 1.26. The third-order valence-corrected chi connectivity index (χ3v) is 7.02. The number of aliphatic hydroxyl groups excluding tert-OH is 1. The van der Waals surface area contributed by atoms with E-state index in [4.69, 9.17) is 0 Å². The molecule has 1 aromatic heterocycles. The first-order chi connectivity index (χ1) is 14.2. The van der Waals surface area contributed by atoms with Gasteiger partial charge in [0, 0.05) is 46.7 Å². The molecule has 5 rings (SSSR count). The minimum absolute atomic E-state index is 0.0708. The molecule has 29 heavy (non-hydrogen) atoms. The molecular weight excluding hydrogens is 382 g/mol. The summed E-state index contributed by atoms with van der Waals surface area (Å²) in [6, 6.07) is 14.6. The molecule has 0 radical (unpaired) electrons. The molecule has 3 heterocycles. The summed E-state index contributed by atoms with van der Waals surface area (Å²) in [5.74, 6) is 0.315. The summed E-state index contributed by atoms with van der Waals surface area (Å²) in [5.41, 5.74) is 4.25. The molecule has 0 aliphatic carbocycles. The minimum Gasteiger partial charge on any atom is -0.396 e. The number of urea groups is 1. The van der Waals surface area contributed by atoms with Crippen molar-refractivity contribution < 1.29 is 9.90 Å². The van der Waals surface area contributed by atoms with Crippen LogP contribution in [-0.2, 0) is 6.54 Å². The Morgan fingerprint density at radius 1 is 1.21 bits per heavy atom. The predicted octanol–water partition coefficient (Wildman–Crippen LogP) is 4.74. The molecule has 2 aromatic carbocycles. The van der Waals surface area contributed by atoms with Gasteiger partial charge in [-0.05, 0) is 59.5 Å². The highest BCUT2D eigenvalue weighted by Gasteiger charge is 2.23. The van der Waals surface area contributed by atoms with Gasteiger partial charge < -0.3 is 15.3 Å². The lowest BCUT2D eigenvalue weighted by atomic mass is 9.98. The van der Waals surface area contributed by atoms with E-state index in [0.29, 0.717) is 25.6 Å². The van der Waals surface area contributed by atoms with E-state index in [1.165, 1.54) is 20.5 Å². The number of anilines is 1. The zero-order chi connectivity index (χ0) is 19.8. The van der Waals surface area contributed by atoms with Crippen LogP contribution in [0.4, 0.5) is 10.5 Å². The van der Waals surface area contributed by atoms with Crippen LogP contribution in [0.2, 0.25) is 0 Å². The second kappa shape index (κ2) is 7.61. The number of thiophene rings is 1. The average molecular weight is 406 g/mol. The Bertz CT molecular complexity index is 1060. The van der Waals surface area contributed by atoms with Crippen molar-refractivity contribution >= 4 is 39.4 Å². The number of piperidine rings is 1. The first kappa shape index (κ1) is 18.3. The number of likely N-dealkylation sites (tertiary alicyclic amines) is 1. The number of nitrogens with one attached hydrogen (secondary N) is 1. The van der Waals surface area contributed by atoms with Crippen molar-refractivity contribution in [1.29, 1.82) is 0 Å². The summed E-state index contributed by atoms with van der Waals surface area (Å²) in [4.78, 5) is 20.3. The van der Waals surface area contributed by atoms with Crippen LogP contribution >= 0.6 is 11.3 Å². The zero-order valence-corrected chi connectivity index (χ0v) is 16.9. The van der Waals surface area contributed by atoms with Crippen LogP contribution in [0.3, 0.4) is 0 Å². The maximum atomic E-state index is 12.8. The topological polar surface area (TPSA) is 64.9 Å². The van der Waals surface area contributed by atoms with Crippen molar-refractivity contribution in [2.75, 3.05) is 25.0 Å². The lowest BCUT2D eigenvalue weighted by Crippen LogP contribution is -2.41. The molecule has 6 heteroatoms. The van der Waals surface area contributed by atoms with Gasteiger partial charge >= 0.3 is 6.03 Å². The fourth-order valence-corrected chi connectivity index (χ4v) is 5.26. The van der Waals surface area contributed by atoms with E-state index < -0.39 is 0 Å². The molecule has 1 saturated heterocycles. The minimum atomic E-state index is -0.0708. The number of fused-ring (bicyclic) bond motifs is 2. The van der Waals surface area contributed by atoms with Crippen molar-refractivity contribution in [3.63, 3.8) is 0 Å². The monoisotopic (exact) mass is 405 g/mol. The molecular formula is C23H23N3O2S. The number of aliphatic hydroxyl groups is 1. The first-order valence-electron chi connectivity index (χ1n) is 10.0. The third-order valence-electron chi connectivity index (χ3n) is 5.87. The Hall–Kier alpha value is -2.70. The highest BCUT2D eigenvalue weighted by molar-refractivity contribution is 7.22. The van der Waals surface area contributed by atoms with Gasteiger partial charge in [-0.2, -0.15) is 0 Å². The Labute approximate surface area is 173 Å². The number of hydrogen-bond acceptors (Lipinski definition) is 4. The Balaban J connectivity index is 1.43. The zero-order valence-electron chi connectivity index (χ0n) is 16.1. The molecule has 0 spiro atoms. The first-order valence-corrected chi connectivity index (χ1v) is 10.9. The maximum Gasteiger partial charge on any atom is 0.321 e. The van der Waals surface area contributed by atoms with Crippen molar-refractivity contribution in [2.24, 2.45) is 10.9 Å². The number of carbonyl (C=O) groups excluding carboxylic acids is 1. The standard InChI is InChI=1S/C23H23N3O2S/c27-14-15-5-7-26(8-6-15)23(28)25-18-9-17-12-24-13-20(17)19(11-18)22-10-16-3-1-2-4-21(16)29-22/h1-4,9-12,15,27H,5-8,13-14H2,(H,25,28). The van der Waals surface area contributed by atoms with Crippen molar-refractivity contribution in [3.05, 3.63) is 53.6 Å². The second-order valence-corrected chi connectivity index (χ2v) is 8.84. The molecule has 5 nitrogen and oxygen atoms in total. The van der Waals surface area contributed by atoms with Crippen LogP contribution < -0.4 is 5.32 Å². The van der Waals surface area contributed by atoms with Gasteiger partial charge in [0.2, 0.25) is 0 Å². The van der Waals surface area contributed by atoms with E-state index in [0.717, 1.165) is 29.7 Å². The van der Waals surface area contributed by atoms with Gasteiger partial charge in [-0.15, -0.1) is 11.3 Å². The lowest BCUT2D eigenvalue weighted by Gasteiger charge is -2.31. The van der Waals surface area contributed by atoms with Crippen molar-refractivity contribution in [2.45, 2.75) is 19.4 Å². The largest absolute Gasteiger partial charge is 0.396 e. The van der Waals surface area contributed by atoms with Gasteiger partial charge in [-0.1, -0.05) is 18.2 Å². The van der Waals surface area contributed by atoms with Gasteiger partial charge in [0.15, 0.2) is 0 Å². The quantitative estimate of drug-likeness (QED) is 0.661. The summed E-state index contributed by atoms with van der Waals surface area (Å²) in [6.45, 7) is 2.26. The Morgan fingerprint density at radius 3 is 2.83 bits per heavy atom. The Kier molecular flexibility index (Phi) is 4.81. The van der Waals surface area contributed by atoms with E-state index in [1.807, 2.05) is 17.2 Å². The number of benzene rings is 2. The molecule has 0 atom stereocenters. The van der Waals surface area contributed by atoms with E-state index in [1.54, 1.807) is 11.3 Å². The normalized spacial score (nSPS) is 16.4. The third kappa shape index (κ3) is 3.54. The van der Waals surface area contributed by atoms with Gasteiger partial charge in [-0.3, -0.25) is 4.99 Å². The molecule has 2 aliphatic heterocycles. The molecule has 2 aliphatic rings. The predicted molar refractivity (Wildman–Crippen MR) is 119 cm³/mol. The number of rotatable bonds is 3. The molecule has 0 saturated carbocycles. The molecule has 2 amide bonds. The number of amides is 2. The summed E-state index contributed by atoms with van der Waals surface area (Å²) in [7, 11) is 0. The number of nitrogens with zero attached hydrogens (tertiary/aromatic N) is 2. The van der Waals surface area contributed by atoms with Crippen LogP contribution in [0.5, 0.6) is 0 Å². The van der Waals surface area contributed by atoms with Gasteiger partial charge in [0.05, 0.1) is 6.54 Å². The van der Waals surface area contributed by atoms with Gasteiger partial charge in [-0.25, -0.2) is 4.79 Å². The highest BCUT2D eigenvalue weighted by atomic mass is 32.1. The molecule has 1 fully saturated rings. The van der Waals surface area contributed by atoms with Gasteiger partial charge in [0.25, 0.3) is 0 Å². The summed E-state index contributed by atoms with van der Waals surface area (Å²) >= 11 is 1.77. The Morgan fingerprint density at radius 2 is 2.03 bits per heavy atom. The number of hydrogen-bond donors (Lipinski definition) is 2. The lowest BCUT2D eigenvalue weighted by molar-refractivity contribution is 0.143. The molecule has 148 valence electrons. The van der Waals surface area contributed by atoms with Crippen molar-refractivity contribution in [1.82, 2.24) is 4.90 Å². The number of carbonyl (C=O) groups is 1. The SMILES string of the molecule is O=C(Nc1cc2c(c(-c3cc4ccccc4s3)c1)CN=C2)N1CCC(CO)CC1. The average Bonchev–Trinajstić information content (AvgIpc) is 3.40. The van der Waals surface area contributed by atoms with Crippen LogP contribution in [-0.4, -0.2) is 41.9 Å². The molecule has 2 N–H and O–H groups in total. The molecule has 0 unspecified atom stereocenters. The second-order valence-electron chi connectivity index (χ2n) is 7.75. The van der Waals surface area contributed by atoms with E-state index in [9.17, 15) is 9.90 Å². The fraction of sp³-hybridized carbons (Fsp3) is 0.304. The van der Waals surface area contributed by atoms with Crippen LogP contribution in [0.25, 0.3) is 20.5 Å². The smallest absolute Gasteiger partial charge is 0.321 e. The van der Waals surface area contributed by atoms with Crippen LogP contribution in [0.1, 0.15) is 24.0 Å². The molecule has 3 aromatic rings. The number of aliphatic imine (C=N–C) groups is 1. The summed E-state index contributed by atoms with van der Waals surface area (Å²) in [5, 5.41) is 13.6. The maximum absolute atomic E-state index is 12.8. The molecule has 0 bridgehead atoms. The fourth-order valence-electron chi connectivity index (χ4n) is 4.15. The van der Waals surface area contributed by atoms with Crippen LogP contribution in [0.15, 0.2) is 47.5 Å². The van der Waals surface area contributed by atoms with E-state index in [2.05, 4.69) is 46.7 Å². The van der Waals surface area contributed by atoms with Gasteiger partial charge in [0.1, 0.15) is 0 Å². The van der Waals surface area contributed by atoms with E-state index in [-0.39, 0.29) is 12.6 Å². The van der Waals surface area contributed by atoms with E-state index >= 15 is 0 Å².